The highest BCUT2D eigenvalue weighted by Crippen LogP contribution is 2.26. The van der Waals surface area contributed by atoms with E-state index in [0.717, 1.165) is 17.1 Å². The predicted octanol–water partition coefficient (Wildman–Crippen LogP) is 4.41. The van der Waals surface area contributed by atoms with Crippen molar-refractivity contribution in [1.29, 1.82) is 0 Å². The number of halogens is 1. The molecular formula is C18H20ClNO2S. The maximum absolute atomic E-state index is 12.2. The van der Waals surface area contributed by atoms with Gasteiger partial charge in [-0.3, -0.25) is 4.79 Å². The lowest BCUT2D eigenvalue weighted by atomic mass is 10.3. The molecule has 0 saturated carbocycles. The van der Waals surface area contributed by atoms with Crippen molar-refractivity contribution in [3.63, 3.8) is 0 Å². The number of ether oxygens (including phenoxy) is 1. The lowest BCUT2D eigenvalue weighted by molar-refractivity contribution is -0.120. The van der Waals surface area contributed by atoms with Gasteiger partial charge in [-0.1, -0.05) is 36.7 Å². The number of rotatable bonds is 8. The summed E-state index contributed by atoms with van der Waals surface area (Å²) in [5.74, 6) is 0.841. The molecule has 1 atom stereocenters. The second-order valence-corrected chi connectivity index (χ2v) is 6.63. The van der Waals surface area contributed by atoms with Crippen LogP contribution < -0.4 is 10.1 Å². The van der Waals surface area contributed by atoms with E-state index in [1.165, 1.54) is 0 Å². The Hall–Kier alpha value is -1.65. The van der Waals surface area contributed by atoms with Crippen molar-refractivity contribution < 1.29 is 9.53 Å². The van der Waals surface area contributed by atoms with E-state index >= 15 is 0 Å². The summed E-state index contributed by atoms with van der Waals surface area (Å²) in [7, 11) is 0. The Morgan fingerprint density at radius 2 is 1.87 bits per heavy atom. The Balaban J connectivity index is 1.75. The molecule has 2 aromatic carbocycles. The van der Waals surface area contributed by atoms with E-state index in [1.54, 1.807) is 11.8 Å². The second-order valence-electron chi connectivity index (χ2n) is 4.92. The first-order chi connectivity index (χ1) is 11.2. The summed E-state index contributed by atoms with van der Waals surface area (Å²) in [4.78, 5) is 13.3. The van der Waals surface area contributed by atoms with Crippen LogP contribution in [0.1, 0.15) is 13.3 Å². The number of hydrogen-bond donors (Lipinski definition) is 1. The van der Waals surface area contributed by atoms with Crippen LogP contribution in [-0.2, 0) is 4.79 Å². The summed E-state index contributed by atoms with van der Waals surface area (Å²) in [6.45, 7) is 2.96. The Kier molecular flexibility index (Phi) is 7.30. The fourth-order valence-corrected chi connectivity index (χ4v) is 3.08. The van der Waals surface area contributed by atoms with Gasteiger partial charge in [-0.25, -0.2) is 0 Å². The Bertz CT molecular complexity index is 604. The van der Waals surface area contributed by atoms with Gasteiger partial charge in [0.15, 0.2) is 0 Å². The standard InChI is InChI=1S/C18H20ClNO2S/c1-2-17(23-16-10-8-14(19)9-11-16)18(21)20-12-13-22-15-6-4-3-5-7-15/h3-11,17H,2,12-13H2,1H3,(H,20,21). The summed E-state index contributed by atoms with van der Waals surface area (Å²) in [6.07, 6.45) is 0.763. The van der Waals surface area contributed by atoms with E-state index in [-0.39, 0.29) is 11.2 Å². The lowest BCUT2D eigenvalue weighted by Crippen LogP contribution is -2.35. The maximum atomic E-state index is 12.2. The van der Waals surface area contributed by atoms with Crippen molar-refractivity contribution in [3.05, 3.63) is 59.6 Å². The Morgan fingerprint density at radius 3 is 2.52 bits per heavy atom. The molecule has 5 heteroatoms. The van der Waals surface area contributed by atoms with Crippen LogP contribution in [0, 0.1) is 0 Å². The maximum Gasteiger partial charge on any atom is 0.233 e. The molecule has 1 N–H and O–H groups in total. The fourth-order valence-electron chi connectivity index (χ4n) is 1.97. The molecule has 3 nitrogen and oxygen atoms in total. The first-order valence-corrected chi connectivity index (χ1v) is 8.82. The van der Waals surface area contributed by atoms with Crippen LogP contribution in [-0.4, -0.2) is 24.3 Å². The van der Waals surface area contributed by atoms with Crippen molar-refractivity contribution in [2.75, 3.05) is 13.2 Å². The molecule has 0 aliphatic rings. The average Bonchev–Trinajstić information content (AvgIpc) is 2.59. The largest absolute Gasteiger partial charge is 0.492 e. The Morgan fingerprint density at radius 1 is 1.17 bits per heavy atom. The molecular weight excluding hydrogens is 330 g/mol. The van der Waals surface area contributed by atoms with Gasteiger partial charge in [0.25, 0.3) is 0 Å². The highest BCUT2D eigenvalue weighted by molar-refractivity contribution is 8.00. The first kappa shape index (κ1) is 17.7. The quantitative estimate of drug-likeness (QED) is 0.567. The number of benzene rings is 2. The Labute approximate surface area is 146 Å². The van der Waals surface area contributed by atoms with Crippen LogP contribution in [0.15, 0.2) is 59.5 Å². The molecule has 0 aliphatic heterocycles. The third-order valence-electron chi connectivity index (χ3n) is 3.17. The normalized spacial score (nSPS) is 11.7. The number of amides is 1. The predicted molar refractivity (Wildman–Crippen MR) is 96.3 cm³/mol. The fraction of sp³-hybridized carbons (Fsp3) is 0.278. The average molecular weight is 350 g/mol. The van der Waals surface area contributed by atoms with Crippen LogP contribution in [0.3, 0.4) is 0 Å². The van der Waals surface area contributed by atoms with Gasteiger partial charge in [0.2, 0.25) is 5.91 Å². The minimum atomic E-state index is -0.118. The molecule has 122 valence electrons. The summed E-state index contributed by atoms with van der Waals surface area (Å²) in [6, 6.07) is 17.1. The van der Waals surface area contributed by atoms with Crippen molar-refractivity contribution in [1.82, 2.24) is 5.32 Å². The van der Waals surface area contributed by atoms with Gasteiger partial charge in [-0.15, -0.1) is 11.8 Å². The van der Waals surface area contributed by atoms with E-state index in [1.807, 2.05) is 61.5 Å². The zero-order chi connectivity index (χ0) is 16.5. The van der Waals surface area contributed by atoms with Gasteiger partial charge in [0.1, 0.15) is 12.4 Å². The van der Waals surface area contributed by atoms with Crippen molar-refractivity contribution >= 4 is 29.3 Å². The van der Waals surface area contributed by atoms with Gasteiger partial charge in [-0.2, -0.15) is 0 Å². The molecule has 23 heavy (non-hydrogen) atoms. The molecule has 0 aromatic heterocycles. The van der Waals surface area contributed by atoms with E-state index in [0.29, 0.717) is 18.2 Å². The number of carbonyl (C=O) groups excluding carboxylic acids is 1. The van der Waals surface area contributed by atoms with Crippen LogP contribution >= 0.6 is 23.4 Å². The highest BCUT2D eigenvalue weighted by Gasteiger charge is 2.17. The number of thioether (sulfide) groups is 1. The number of carbonyl (C=O) groups is 1. The van der Waals surface area contributed by atoms with Crippen molar-refractivity contribution in [3.8, 4) is 5.75 Å². The smallest absolute Gasteiger partial charge is 0.233 e. The van der Waals surface area contributed by atoms with E-state index < -0.39 is 0 Å². The number of para-hydroxylation sites is 1. The van der Waals surface area contributed by atoms with Crippen LogP contribution in [0.4, 0.5) is 0 Å². The van der Waals surface area contributed by atoms with Crippen molar-refractivity contribution in [2.45, 2.75) is 23.5 Å². The minimum Gasteiger partial charge on any atom is -0.492 e. The van der Waals surface area contributed by atoms with Crippen molar-refractivity contribution in [2.24, 2.45) is 0 Å². The van der Waals surface area contributed by atoms with Crippen LogP contribution in [0.2, 0.25) is 5.02 Å². The van der Waals surface area contributed by atoms with Crippen LogP contribution in [0.5, 0.6) is 5.75 Å². The summed E-state index contributed by atoms with van der Waals surface area (Å²) < 4.78 is 5.57. The third kappa shape index (κ3) is 6.16. The molecule has 2 aromatic rings. The van der Waals surface area contributed by atoms with Crippen LogP contribution in [0.25, 0.3) is 0 Å². The number of hydrogen-bond acceptors (Lipinski definition) is 3. The van der Waals surface area contributed by atoms with Gasteiger partial charge in [0.05, 0.1) is 11.8 Å². The SMILES string of the molecule is CCC(Sc1ccc(Cl)cc1)C(=O)NCCOc1ccccc1. The number of nitrogens with one attached hydrogen (secondary N) is 1. The molecule has 0 saturated heterocycles. The molecule has 1 amide bonds. The van der Waals surface area contributed by atoms with E-state index in [2.05, 4.69) is 5.32 Å². The van der Waals surface area contributed by atoms with Gasteiger partial charge in [-0.05, 0) is 42.8 Å². The van der Waals surface area contributed by atoms with Gasteiger partial charge >= 0.3 is 0 Å². The molecule has 0 radical (unpaired) electrons. The lowest BCUT2D eigenvalue weighted by Gasteiger charge is -2.15. The zero-order valence-corrected chi connectivity index (χ0v) is 14.6. The molecule has 0 heterocycles. The minimum absolute atomic E-state index is 0.0316. The van der Waals surface area contributed by atoms with Gasteiger partial charge < -0.3 is 10.1 Å². The molecule has 0 bridgehead atoms. The molecule has 1 unspecified atom stereocenters. The zero-order valence-electron chi connectivity index (χ0n) is 13.0. The van der Waals surface area contributed by atoms with Gasteiger partial charge in [0, 0.05) is 9.92 Å². The molecule has 0 fully saturated rings. The summed E-state index contributed by atoms with van der Waals surface area (Å²) in [5, 5.41) is 3.51. The second kappa shape index (κ2) is 9.48. The summed E-state index contributed by atoms with van der Waals surface area (Å²) in [5.41, 5.74) is 0. The summed E-state index contributed by atoms with van der Waals surface area (Å²) >= 11 is 7.43. The first-order valence-electron chi connectivity index (χ1n) is 7.57. The third-order valence-corrected chi connectivity index (χ3v) is 4.80. The monoisotopic (exact) mass is 349 g/mol. The van der Waals surface area contributed by atoms with E-state index in [4.69, 9.17) is 16.3 Å². The topological polar surface area (TPSA) is 38.3 Å². The molecule has 2 rings (SSSR count). The van der Waals surface area contributed by atoms with E-state index in [9.17, 15) is 4.79 Å². The molecule has 0 spiro atoms. The molecule has 0 aliphatic carbocycles. The highest BCUT2D eigenvalue weighted by atomic mass is 35.5.